The minimum absolute atomic E-state index is 0.597. The molecule has 5 heteroatoms. The molecule has 1 aromatic heterocycles. The molecule has 3 heterocycles. The highest BCUT2D eigenvalue weighted by molar-refractivity contribution is 5.33. The van der Waals surface area contributed by atoms with E-state index < -0.39 is 0 Å². The third-order valence-electron chi connectivity index (χ3n) is 3.56. The van der Waals surface area contributed by atoms with Gasteiger partial charge in [-0.25, -0.2) is 9.97 Å². The molecule has 2 aliphatic rings. The summed E-state index contributed by atoms with van der Waals surface area (Å²) in [7, 11) is 0. The van der Waals surface area contributed by atoms with Crippen LogP contribution in [-0.4, -0.2) is 35.6 Å². The van der Waals surface area contributed by atoms with Gasteiger partial charge in [0.25, 0.3) is 0 Å². The molecule has 16 heavy (non-hydrogen) atoms. The number of anilines is 1. The maximum Gasteiger partial charge on any atom is 0.225 e. The van der Waals surface area contributed by atoms with Crippen molar-refractivity contribution in [1.82, 2.24) is 20.8 Å². The molecule has 2 unspecified atom stereocenters. The molecule has 0 amide bonds. The number of hydrogen-bond acceptors (Lipinski definition) is 5. The van der Waals surface area contributed by atoms with Gasteiger partial charge in [0.15, 0.2) is 0 Å². The van der Waals surface area contributed by atoms with Crippen LogP contribution in [0.2, 0.25) is 0 Å². The number of nitrogens with one attached hydrogen (secondary N) is 2. The highest BCUT2D eigenvalue weighted by Gasteiger charge is 2.39. The van der Waals surface area contributed by atoms with Crippen LogP contribution in [0.4, 0.5) is 5.95 Å². The summed E-state index contributed by atoms with van der Waals surface area (Å²) in [5.41, 5.74) is 6.59. The van der Waals surface area contributed by atoms with Crippen LogP contribution in [0.1, 0.15) is 6.92 Å². The number of aromatic nitrogens is 2. The van der Waals surface area contributed by atoms with Gasteiger partial charge in [0.05, 0.1) is 0 Å². The van der Waals surface area contributed by atoms with Gasteiger partial charge in [0.2, 0.25) is 5.95 Å². The Morgan fingerprint density at radius 2 is 2.06 bits per heavy atom. The third kappa shape index (κ3) is 1.66. The Hall–Kier alpha value is -1.20. The van der Waals surface area contributed by atoms with Crippen LogP contribution in [0, 0.1) is 11.8 Å². The van der Waals surface area contributed by atoms with Crippen molar-refractivity contribution >= 4 is 5.95 Å². The van der Waals surface area contributed by atoms with E-state index in [4.69, 9.17) is 0 Å². The van der Waals surface area contributed by atoms with E-state index in [2.05, 4.69) is 32.6 Å². The zero-order valence-electron chi connectivity index (χ0n) is 9.43. The minimum atomic E-state index is 0.597. The molecule has 86 valence electrons. The average Bonchev–Trinajstić information content (AvgIpc) is 2.65. The first kappa shape index (κ1) is 9.99. The van der Waals surface area contributed by atoms with E-state index >= 15 is 0 Å². The molecule has 2 N–H and O–H groups in total. The van der Waals surface area contributed by atoms with Crippen molar-refractivity contribution in [1.29, 1.82) is 0 Å². The van der Waals surface area contributed by atoms with Crippen molar-refractivity contribution in [3.05, 3.63) is 18.5 Å². The van der Waals surface area contributed by atoms with Crippen LogP contribution in [0.15, 0.2) is 18.5 Å². The predicted octanol–water partition coefficient (Wildman–Crippen LogP) is 0.0253. The molecule has 3 rings (SSSR count). The van der Waals surface area contributed by atoms with Crippen LogP contribution in [0.3, 0.4) is 0 Å². The zero-order chi connectivity index (χ0) is 11.0. The standard InChI is InChI=1S/C11H17N5/c1-8-5-14-15-10(8)9-6-16(7-9)11-12-3-2-4-13-11/h2-4,8-10,14-15H,5-7H2,1H3. The van der Waals surface area contributed by atoms with E-state index in [0.29, 0.717) is 17.9 Å². The lowest BCUT2D eigenvalue weighted by molar-refractivity contribution is 0.272. The molecule has 0 saturated carbocycles. The number of hydrogen-bond donors (Lipinski definition) is 2. The fraction of sp³-hybridized carbons (Fsp3) is 0.636. The third-order valence-corrected chi connectivity index (χ3v) is 3.56. The van der Waals surface area contributed by atoms with Gasteiger partial charge in [-0.05, 0) is 12.0 Å². The molecule has 5 nitrogen and oxygen atoms in total. The van der Waals surface area contributed by atoms with Gasteiger partial charge in [0, 0.05) is 44.0 Å². The van der Waals surface area contributed by atoms with Gasteiger partial charge in [-0.3, -0.25) is 10.9 Å². The summed E-state index contributed by atoms with van der Waals surface area (Å²) >= 11 is 0. The van der Waals surface area contributed by atoms with E-state index in [1.807, 2.05) is 6.07 Å². The molecule has 0 aliphatic carbocycles. The molecular weight excluding hydrogens is 202 g/mol. The SMILES string of the molecule is CC1CNNC1C1CN(c2ncccn2)C1. The molecule has 0 spiro atoms. The lowest BCUT2D eigenvalue weighted by atomic mass is 9.85. The van der Waals surface area contributed by atoms with Gasteiger partial charge in [-0.1, -0.05) is 6.92 Å². The maximum absolute atomic E-state index is 4.26. The van der Waals surface area contributed by atoms with Crippen LogP contribution in [0.25, 0.3) is 0 Å². The molecule has 2 aliphatic heterocycles. The van der Waals surface area contributed by atoms with E-state index in [1.54, 1.807) is 12.4 Å². The number of nitrogens with zero attached hydrogens (tertiary/aromatic N) is 3. The first-order valence-corrected chi connectivity index (χ1v) is 5.85. The Balaban J connectivity index is 1.59. The van der Waals surface area contributed by atoms with Crippen LogP contribution in [-0.2, 0) is 0 Å². The second-order valence-electron chi connectivity index (χ2n) is 4.74. The van der Waals surface area contributed by atoms with E-state index in [1.165, 1.54) is 0 Å². The second-order valence-corrected chi connectivity index (χ2v) is 4.74. The van der Waals surface area contributed by atoms with Crippen molar-refractivity contribution in [3.8, 4) is 0 Å². The van der Waals surface area contributed by atoms with Crippen molar-refractivity contribution in [2.75, 3.05) is 24.5 Å². The summed E-state index contributed by atoms with van der Waals surface area (Å²) in [5, 5.41) is 0. The lowest BCUT2D eigenvalue weighted by Gasteiger charge is -2.43. The Morgan fingerprint density at radius 3 is 2.69 bits per heavy atom. The van der Waals surface area contributed by atoms with Crippen molar-refractivity contribution in [2.45, 2.75) is 13.0 Å². The smallest absolute Gasteiger partial charge is 0.225 e. The summed E-state index contributed by atoms with van der Waals surface area (Å²) in [4.78, 5) is 10.8. The van der Waals surface area contributed by atoms with Crippen LogP contribution < -0.4 is 15.8 Å². The number of rotatable bonds is 2. The molecule has 2 saturated heterocycles. The summed E-state index contributed by atoms with van der Waals surface area (Å²) in [6.45, 7) is 5.49. The quantitative estimate of drug-likeness (QED) is 0.735. The Kier molecular flexibility index (Phi) is 2.49. The van der Waals surface area contributed by atoms with Crippen molar-refractivity contribution in [2.24, 2.45) is 11.8 Å². The fourth-order valence-electron chi connectivity index (χ4n) is 2.55. The highest BCUT2D eigenvalue weighted by atomic mass is 15.4. The zero-order valence-corrected chi connectivity index (χ0v) is 9.43. The van der Waals surface area contributed by atoms with E-state index in [0.717, 1.165) is 25.6 Å². The van der Waals surface area contributed by atoms with E-state index in [-0.39, 0.29) is 0 Å². The Morgan fingerprint density at radius 1 is 1.31 bits per heavy atom. The first-order chi connectivity index (χ1) is 7.84. The lowest BCUT2D eigenvalue weighted by Crippen LogP contribution is -2.56. The fourth-order valence-corrected chi connectivity index (χ4v) is 2.55. The largest absolute Gasteiger partial charge is 0.340 e. The van der Waals surface area contributed by atoms with Crippen LogP contribution in [0.5, 0.6) is 0 Å². The van der Waals surface area contributed by atoms with Gasteiger partial charge >= 0.3 is 0 Å². The highest BCUT2D eigenvalue weighted by Crippen LogP contribution is 2.27. The summed E-state index contributed by atoms with van der Waals surface area (Å²) < 4.78 is 0. The predicted molar refractivity (Wildman–Crippen MR) is 61.8 cm³/mol. The minimum Gasteiger partial charge on any atom is -0.340 e. The maximum atomic E-state index is 4.26. The monoisotopic (exact) mass is 219 g/mol. The molecule has 2 fully saturated rings. The van der Waals surface area contributed by atoms with Gasteiger partial charge in [-0.15, -0.1) is 0 Å². The summed E-state index contributed by atoms with van der Waals surface area (Å²) in [6, 6.07) is 2.45. The molecule has 0 radical (unpaired) electrons. The molecule has 2 atom stereocenters. The summed E-state index contributed by atoms with van der Waals surface area (Å²) in [5.74, 6) is 2.29. The average molecular weight is 219 g/mol. The Bertz CT molecular complexity index is 349. The second kappa shape index (κ2) is 3.99. The van der Waals surface area contributed by atoms with Gasteiger partial charge in [-0.2, -0.15) is 0 Å². The topological polar surface area (TPSA) is 53.1 Å². The molecule has 1 aromatic rings. The Labute approximate surface area is 95.2 Å². The van der Waals surface area contributed by atoms with Crippen molar-refractivity contribution < 1.29 is 0 Å². The first-order valence-electron chi connectivity index (χ1n) is 5.85. The van der Waals surface area contributed by atoms with Gasteiger partial charge < -0.3 is 4.90 Å². The van der Waals surface area contributed by atoms with E-state index in [9.17, 15) is 0 Å². The van der Waals surface area contributed by atoms with Crippen molar-refractivity contribution in [3.63, 3.8) is 0 Å². The molecular formula is C11H17N5. The molecule has 0 aromatic carbocycles. The number of hydrazine groups is 1. The summed E-state index contributed by atoms with van der Waals surface area (Å²) in [6.07, 6.45) is 3.60. The molecule has 0 bridgehead atoms. The normalized spacial score (nSPS) is 30.4. The van der Waals surface area contributed by atoms with Crippen LogP contribution >= 0.6 is 0 Å². The van der Waals surface area contributed by atoms with Gasteiger partial charge in [0.1, 0.15) is 0 Å².